The van der Waals surface area contributed by atoms with Gasteiger partial charge in [0, 0.05) is 25.1 Å². The molecule has 0 spiro atoms. The molecule has 1 fully saturated rings. The van der Waals surface area contributed by atoms with Crippen LogP contribution in [0.1, 0.15) is 19.3 Å². The third kappa shape index (κ3) is 4.85. The van der Waals surface area contributed by atoms with Gasteiger partial charge in [-0.15, -0.1) is 0 Å². The highest BCUT2D eigenvalue weighted by Gasteiger charge is 2.20. The number of benzene rings is 1. The molecule has 24 heavy (non-hydrogen) atoms. The van der Waals surface area contributed by atoms with E-state index in [0.29, 0.717) is 11.5 Å². The summed E-state index contributed by atoms with van der Waals surface area (Å²) in [6.45, 7) is 1.69. The number of nitrogens with one attached hydrogen (secondary N) is 2. The zero-order chi connectivity index (χ0) is 17.6. The van der Waals surface area contributed by atoms with Gasteiger partial charge in [0.15, 0.2) is 21.3 Å². The van der Waals surface area contributed by atoms with Gasteiger partial charge in [-0.25, -0.2) is 8.42 Å². The highest BCUT2D eigenvalue weighted by Crippen LogP contribution is 2.29. The van der Waals surface area contributed by atoms with Crippen LogP contribution in [0.25, 0.3) is 0 Å². The molecule has 134 valence electrons. The summed E-state index contributed by atoms with van der Waals surface area (Å²) in [5.41, 5.74) is 0. The van der Waals surface area contributed by atoms with Crippen LogP contribution in [0.15, 0.2) is 23.1 Å². The summed E-state index contributed by atoms with van der Waals surface area (Å²) >= 11 is 0. The van der Waals surface area contributed by atoms with E-state index < -0.39 is 9.84 Å². The topological polar surface area (TPSA) is 93.7 Å². The van der Waals surface area contributed by atoms with Crippen molar-refractivity contribution in [3.8, 4) is 11.5 Å². The lowest BCUT2D eigenvalue weighted by atomic mass is 10.1. The van der Waals surface area contributed by atoms with Crippen LogP contribution in [0.2, 0.25) is 0 Å². The molecule has 1 aromatic rings. The third-order valence-corrected chi connectivity index (χ3v) is 5.69. The molecule has 2 N–H and O–H groups in total. The third-order valence-electron chi connectivity index (χ3n) is 3.97. The Kier molecular flexibility index (Phi) is 6.44. The van der Waals surface area contributed by atoms with E-state index in [0.717, 1.165) is 25.9 Å². The maximum atomic E-state index is 12.4. The zero-order valence-electron chi connectivity index (χ0n) is 14.0. The summed E-state index contributed by atoms with van der Waals surface area (Å²) in [5.74, 6) is 0.317. The summed E-state index contributed by atoms with van der Waals surface area (Å²) < 4.78 is 35.0. The van der Waals surface area contributed by atoms with Crippen molar-refractivity contribution < 1.29 is 22.7 Å². The summed E-state index contributed by atoms with van der Waals surface area (Å²) in [7, 11) is -0.639. The van der Waals surface area contributed by atoms with Crippen molar-refractivity contribution in [2.45, 2.75) is 30.2 Å². The van der Waals surface area contributed by atoms with Crippen LogP contribution in [0.4, 0.5) is 0 Å². The van der Waals surface area contributed by atoms with Crippen molar-refractivity contribution in [3.05, 3.63) is 18.2 Å². The van der Waals surface area contributed by atoms with Gasteiger partial charge in [0.05, 0.1) is 24.9 Å². The van der Waals surface area contributed by atoms with Crippen LogP contribution in [0.3, 0.4) is 0 Å². The van der Waals surface area contributed by atoms with Crippen molar-refractivity contribution in [1.29, 1.82) is 0 Å². The predicted molar refractivity (Wildman–Crippen MR) is 90.3 cm³/mol. The van der Waals surface area contributed by atoms with Crippen LogP contribution < -0.4 is 20.1 Å². The van der Waals surface area contributed by atoms with Crippen molar-refractivity contribution >= 4 is 15.7 Å². The smallest absolute Gasteiger partial charge is 0.221 e. The molecule has 1 aromatic carbocycles. The summed E-state index contributed by atoms with van der Waals surface area (Å²) in [5, 5.41) is 6.08. The quantitative estimate of drug-likeness (QED) is 0.748. The maximum absolute atomic E-state index is 12.4. The number of amides is 1. The number of rotatable bonds is 7. The van der Waals surface area contributed by atoms with Gasteiger partial charge in [0.2, 0.25) is 5.91 Å². The molecule has 1 saturated heterocycles. The molecule has 0 aromatic heterocycles. The lowest BCUT2D eigenvalue weighted by molar-refractivity contribution is -0.121. The Morgan fingerprint density at radius 2 is 2.04 bits per heavy atom. The van der Waals surface area contributed by atoms with Gasteiger partial charge >= 0.3 is 0 Å². The Hall–Kier alpha value is -1.80. The van der Waals surface area contributed by atoms with Crippen LogP contribution in [0.5, 0.6) is 11.5 Å². The SMILES string of the molecule is COc1ccc(S(=O)(=O)CCC(=O)N[C@H]2CCCNC2)cc1OC. The number of hydrogen-bond donors (Lipinski definition) is 2. The van der Waals surface area contributed by atoms with E-state index in [1.54, 1.807) is 6.07 Å². The van der Waals surface area contributed by atoms with Crippen LogP contribution in [-0.4, -0.2) is 53.4 Å². The van der Waals surface area contributed by atoms with Crippen LogP contribution >= 0.6 is 0 Å². The van der Waals surface area contributed by atoms with E-state index in [4.69, 9.17) is 9.47 Å². The lowest BCUT2D eigenvalue weighted by Crippen LogP contribution is -2.45. The van der Waals surface area contributed by atoms with E-state index in [1.165, 1.54) is 26.4 Å². The first-order valence-electron chi connectivity index (χ1n) is 7.91. The summed E-state index contributed by atoms with van der Waals surface area (Å²) in [6, 6.07) is 4.49. The van der Waals surface area contributed by atoms with E-state index in [-0.39, 0.29) is 29.0 Å². The number of methoxy groups -OCH3 is 2. The molecule has 7 nitrogen and oxygen atoms in total. The molecule has 1 amide bonds. The molecule has 1 atom stereocenters. The van der Waals surface area contributed by atoms with E-state index >= 15 is 0 Å². The van der Waals surface area contributed by atoms with E-state index in [2.05, 4.69) is 10.6 Å². The Bertz CT molecular complexity index is 669. The standard InChI is InChI=1S/C16H24N2O5S/c1-22-14-6-5-13(10-15(14)23-2)24(20,21)9-7-16(19)18-12-4-3-8-17-11-12/h5-6,10,12,17H,3-4,7-9,11H2,1-2H3,(H,18,19)/t12-/m0/s1. The Balaban J connectivity index is 1.96. The fourth-order valence-electron chi connectivity index (χ4n) is 2.63. The molecular weight excluding hydrogens is 332 g/mol. The molecule has 1 heterocycles. The zero-order valence-corrected chi connectivity index (χ0v) is 14.8. The molecule has 0 radical (unpaired) electrons. The lowest BCUT2D eigenvalue weighted by Gasteiger charge is -2.23. The number of hydrogen-bond acceptors (Lipinski definition) is 6. The van der Waals surface area contributed by atoms with Crippen LogP contribution in [0, 0.1) is 0 Å². The number of carbonyl (C=O) groups is 1. The second-order valence-corrected chi connectivity index (χ2v) is 7.81. The van der Waals surface area contributed by atoms with Crippen molar-refractivity contribution in [2.24, 2.45) is 0 Å². The number of piperidine rings is 1. The monoisotopic (exact) mass is 356 g/mol. The van der Waals surface area contributed by atoms with Gasteiger partial charge in [0.1, 0.15) is 0 Å². The van der Waals surface area contributed by atoms with Gasteiger partial charge in [-0.2, -0.15) is 0 Å². The average molecular weight is 356 g/mol. The molecule has 1 aliphatic heterocycles. The number of sulfone groups is 1. The number of ether oxygens (including phenoxy) is 2. The fourth-order valence-corrected chi connectivity index (χ4v) is 3.88. The normalized spacial score (nSPS) is 18.0. The molecule has 0 bridgehead atoms. The van der Waals surface area contributed by atoms with Crippen molar-refractivity contribution in [1.82, 2.24) is 10.6 Å². The van der Waals surface area contributed by atoms with Gasteiger partial charge in [-0.05, 0) is 31.5 Å². The Morgan fingerprint density at radius 3 is 2.67 bits per heavy atom. The molecule has 0 saturated carbocycles. The van der Waals surface area contributed by atoms with Crippen molar-refractivity contribution in [3.63, 3.8) is 0 Å². The maximum Gasteiger partial charge on any atom is 0.221 e. The Morgan fingerprint density at radius 1 is 1.29 bits per heavy atom. The minimum Gasteiger partial charge on any atom is -0.493 e. The summed E-state index contributed by atoms with van der Waals surface area (Å²) in [4.78, 5) is 12.1. The molecule has 1 aliphatic rings. The first-order valence-corrected chi connectivity index (χ1v) is 9.56. The van der Waals surface area contributed by atoms with Gasteiger partial charge in [-0.3, -0.25) is 4.79 Å². The fraction of sp³-hybridized carbons (Fsp3) is 0.562. The largest absolute Gasteiger partial charge is 0.493 e. The second kappa shape index (κ2) is 8.34. The average Bonchev–Trinajstić information content (AvgIpc) is 2.60. The molecule has 0 aliphatic carbocycles. The molecular formula is C16H24N2O5S. The molecule has 0 unspecified atom stereocenters. The van der Waals surface area contributed by atoms with Gasteiger partial charge < -0.3 is 20.1 Å². The summed E-state index contributed by atoms with van der Waals surface area (Å²) in [6.07, 6.45) is 1.86. The minimum absolute atomic E-state index is 0.0623. The highest BCUT2D eigenvalue weighted by atomic mass is 32.2. The first-order chi connectivity index (χ1) is 11.5. The van der Waals surface area contributed by atoms with E-state index in [9.17, 15) is 13.2 Å². The second-order valence-electron chi connectivity index (χ2n) is 5.70. The van der Waals surface area contributed by atoms with Crippen molar-refractivity contribution in [2.75, 3.05) is 33.1 Å². The molecule has 8 heteroatoms. The molecule has 2 rings (SSSR count). The van der Waals surface area contributed by atoms with E-state index in [1.807, 2.05) is 0 Å². The first kappa shape index (κ1) is 18.5. The number of carbonyl (C=O) groups excluding carboxylic acids is 1. The van der Waals surface area contributed by atoms with Gasteiger partial charge in [-0.1, -0.05) is 0 Å². The predicted octanol–water partition coefficient (Wildman–Crippen LogP) is 0.736. The van der Waals surface area contributed by atoms with Gasteiger partial charge in [0.25, 0.3) is 0 Å². The Labute approximate surface area is 142 Å². The minimum atomic E-state index is -3.57. The van der Waals surface area contributed by atoms with Crippen LogP contribution in [-0.2, 0) is 14.6 Å². The highest BCUT2D eigenvalue weighted by molar-refractivity contribution is 7.91.